The molecule has 0 radical (unpaired) electrons. The lowest BCUT2D eigenvalue weighted by Crippen LogP contribution is -2.13. The molecule has 0 aromatic heterocycles. The first kappa shape index (κ1) is 7.07. The summed E-state index contributed by atoms with van der Waals surface area (Å²) < 4.78 is 14.7. The third kappa shape index (κ3) is 6.07. The Kier molecular flexibility index (Phi) is 3.15. The third-order valence-electron chi connectivity index (χ3n) is 0.254. The summed E-state index contributed by atoms with van der Waals surface area (Å²) in [6.07, 6.45) is 1.47. The number of nitrogens with zero attached hydrogens (tertiary/aromatic N) is 1. The zero-order valence-electron chi connectivity index (χ0n) is 4.67. The molecule has 0 rings (SSSR count). The van der Waals surface area contributed by atoms with Gasteiger partial charge in [-0.2, -0.15) is 9.35 Å². The normalized spacial score (nSPS) is 14.9. The van der Waals surface area contributed by atoms with Crippen molar-refractivity contribution in [2.45, 2.75) is 0 Å². The molecule has 0 heterocycles. The van der Waals surface area contributed by atoms with Gasteiger partial charge in [-0.15, -0.1) is 0 Å². The molecule has 0 fully saturated rings. The van der Waals surface area contributed by atoms with Gasteiger partial charge in [-0.05, 0) is 0 Å². The van der Waals surface area contributed by atoms with Gasteiger partial charge in [0.15, 0.2) is 11.1 Å². The molecule has 0 aliphatic carbocycles. The summed E-state index contributed by atoms with van der Waals surface area (Å²) in [6.45, 7) is 0. The highest BCUT2D eigenvalue weighted by molar-refractivity contribution is 7.79. The van der Waals surface area contributed by atoms with Crippen LogP contribution in [0.25, 0.3) is 0 Å². The largest absolute Gasteiger partial charge is 0.228 e. The number of hydrogen-bond acceptors (Lipinski definition) is 3. The van der Waals surface area contributed by atoms with Crippen LogP contribution in [0.2, 0.25) is 0 Å². The summed E-state index contributed by atoms with van der Waals surface area (Å²) in [5.41, 5.74) is 0. The molecule has 7 heavy (non-hydrogen) atoms. The molecular weight excluding hydrogens is 114 g/mol. The van der Waals surface area contributed by atoms with Crippen molar-refractivity contribution in [1.82, 2.24) is 5.06 Å². The highest BCUT2D eigenvalue weighted by Gasteiger charge is 1.89. The van der Waals surface area contributed by atoms with Gasteiger partial charge in [-0.3, -0.25) is 0 Å². The van der Waals surface area contributed by atoms with Gasteiger partial charge in [-0.25, -0.2) is 4.21 Å². The Morgan fingerprint density at radius 3 is 2.00 bits per heavy atom. The van der Waals surface area contributed by atoms with E-state index in [1.807, 2.05) is 0 Å². The van der Waals surface area contributed by atoms with Crippen LogP contribution in [0.4, 0.5) is 0 Å². The molecule has 0 aromatic rings. The van der Waals surface area contributed by atoms with Gasteiger partial charge in [0.25, 0.3) is 0 Å². The molecule has 44 valence electrons. The van der Waals surface area contributed by atoms with Crippen molar-refractivity contribution < 1.29 is 8.49 Å². The van der Waals surface area contributed by atoms with E-state index in [4.69, 9.17) is 0 Å². The van der Waals surface area contributed by atoms with Crippen molar-refractivity contribution in [2.24, 2.45) is 0 Å². The van der Waals surface area contributed by atoms with Crippen molar-refractivity contribution >= 4 is 11.1 Å². The van der Waals surface area contributed by atoms with Gasteiger partial charge in [0.05, 0.1) is 0 Å². The standard InChI is InChI=1S/C3H9NO2S/c1-4(2)6-7(3)5/h1-3H3. The Balaban J connectivity index is 3.13. The predicted octanol–water partition coefficient (Wildman–Crippen LogP) is -0.227. The maximum atomic E-state index is 10.1. The fourth-order valence-corrected chi connectivity index (χ4v) is 0.630. The van der Waals surface area contributed by atoms with E-state index in [1.165, 1.54) is 11.3 Å². The minimum absolute atomic E-state index is 1.17. The third-order valence-corrected chi connectivity index (χ3v) is 0.762. The molecule has 0 amide bonds. The summed E-state index contributed by atoms with van der Waals surface area (Å²) in [5, 5.41) is 1.40. The molecule has 0 aromatic carbocycles. The van der Waals surface area contributed by atoms with Crippen molar-refractivity contribution in [3.8, 4) is 0 Å². The van der Waals surface area contributed by atoms with E-state index in [1.54, 1.807) is 14.1 Å². The van der Waals surface area contributed by atoms with Gasteiger partial charge in [0, 0.05) is 20.4 Å². The molecule has 4 heteroatoms. The lowest BCUT2D eigenvalue weighted by molar-refractivity contribution is 0.0148. The number of hydroxylamine groups is 2. The molecule has 0 aliphatic rings. The van der Waals surface area contributed by atoms with Crippen LogP contribution in [-0.4, -0.2) is 29.6 Å². The SMILES string of the molecule is CN(C)OS(C)=O. The van der Waals surface area contributed by atoms with Crippen LogP contribution >= 0.6 is 0 Å². The van der Waals surface area contributed by atoms with E-state index in [-0.39, 0.29) is 0 Å². The second-order valence-electron chi connectivity index (χ2n) is 1.29. The van der Waals surface area contributed by atoms with Gasteiger partial charge < -0.3 is 0 Å². The van der Waals surface area contributed by atoms with Crippen LogP contribution in [0.15, 0.2) is 0 Å². The molecule has 1 atom stereocenters. The van der Waals surface area contributed by atoms with Gasteiger partial charge >= 0.3 is 0 Å². The monoisotopic (exact) mass is 123 g/mol. The zero-order chi connectivity index (χ0) is 5.86. The quantitative estimate of drug-likeness (QED) is 0.475. The van der Waals surface area contributed by atoms with E-state index >= 15 is 0 Å². The maximum absolute atomic E-state index is 10.1. The van der Waals surface area contributed by atoms with E-state index in [0.717, 1.165) is 0 Å². The van der Waals surface area contributed by atoms with E-state index in [9.17, 15) is 4.21 Å². The molecule has 1 unspecified atom stereocenters. The summed E-state index contributed by atoms with van der Waals surface area (Å²) >= 11 is -1.17. The van der Waals surface area contributed by atoms with Crippen LogP contribution < -0.4 is 0 Å². The fourth-order valence-electron chi connectivity index (χ4n) is 0.210. The van der Waals surface area contributed by atoms with Crippen LogP contribution in [0.3, 0.4) is 0 Å². The maximum Gasteiger partial charge on any atom is 0.170 e. The van der Waals surface area contributed by atoms with E-state index in [2.05, 4.69) is 4.28 Å². The summed E-state index contributed by atoms with van der Waals surface area (Å²) in [7, 11) is 3.36. The predicted molar refractivity (Wildman–Crippen MR) is 28.8 cm³/mol. The van der Waals surface area contributed by atoms with Crippen LogP contribution in [0.1, 0.15) is 0 Å². The first-order valence-electron chi connectivity index (χ1n) is 1.82. The highest BCUT2D eigenvalue weighted by atomic mass is 32.2. The smallest absolute Gasteiger partial charge is 0.170 e. The van der Waals surface area contributed by atoms with Crippen LogP contribution in [0, 0.1) is 0 Å². The van der Waals surface area contributed by atoms with E-state index in [0.29, 0.717) is 0 Å². The minimum atomic E-state index is -1.17. The Morgan fingerprint density at radius 2 is 2.00 bits per heavy atom. The van der Waals surface area contributed by atoms with Gasteiger partial charge in [-0.1, -0.05) is 0 Å². The van der Waals surface area contributed by atoms with Crippen molar-refractivity contribution in [3.63, 3.8) is 0 Å². The first-order chi connectivity index (χ1) is 3.13. The Morgan fingerprint density at radius 1 is 1.57 bits per heavy atom. The molecular formula is C3H9NO2S. The van der Waals surface area contributed by atoms with Crippen LogP contribution in [0.5, 0.6) is 0 Å². The molecule has 0 saturated heterocycles. The zero-order valence-corrected chi connectivity index (χ0v) is 5.49. The summed E-state index contributed by atoms with van der Waals surface area (Å²) in [5.74, 6) is 0. The molecule has 0 N–H and O–H groups in total. The molecule has 0 bridgehead atoms. The van der Waals surface area contributed by atoms with Crippen molar-refractivity contribution in [1.29, 1.82) is 0 Å². The molecule has 3 nitrogen and oxygen atoms in total. The van der Waals surface area contributed by atoms with E-state index < -0.39 is 11.1 Å². The number of rotatable bonds is 2. The van der Waals surface area contributed by atoms with Crippen molar-refractivity contribution in [3.05, 3.63) is 0 Å². The second kappa shape index (κ2) is 3.12. The molecule has 0 saturated carbocycles. The lowest BCUT2D eigenvalue weighted by atomic mass is 11.2. The Labute approximate surface area is 45.9 Å². The van der Waals surface area contributed by atoms with Crippen molar-refractivity contribution in [2.75, 3.05) is 20.4 Å². The fraction of sp³-hybridized carbons (Fsp3) is 1.00. The Bertz CT molecular complexity index is 73.3. The molecule has 0 aliphatic heterocycles. The Hall–Kier alpha value is 0.0700. The number of hydrogen-bond donors (Lipinski definition) is 0. The van der Waals surface area contributed by atoms with Gasteiger partial charge in [0.2, 0.25) is 0 Å². The highest BCUT2D eigenvalue weighted by Crippen LogP contribution is 1.79. The lowest BCUT2D eigenvalue weighted by Gasteiger charge is -2.03. The topological polar surface area (TPSA) is 29.5 Å². The molecule has 0 spiro atoms. The average molecular weight is 123 g/mol. The van der Waals surface area contributed by atoms with Gasteiger partial charge in [0.1, 0.15) is 0 Å². The minimum Gasteiger partial charge on any atom is -0.228 e. The summed E-state index contributed by atoms with van der Waals surface area (Å²) in [4.78, 5) is 0. The average Bonchev–Trinajstić information content (AvgIpc) is 1.27. The first-order valence-corrected chi connectivity index (χ1v) is 3.30. The second-order valence-corrected chi connectivity index (χ2v) is 2.24. The summed E-state index contributed by atoms with van der Waals surface area (Å²) in [6, 6.07) is 0. The van der Waals surface area contributed by atoms with Crippen LogP contribution in [-0.2, 0) is 15.4 Å².